The first kappa shape index (κ1) is 9.46. The quantitative estimate of drug-likeness (QED) is 0.713. The predicted octanol–water partition coefficient (Wildman–Crippen LogP) is 0.562. The third kappa shape index (κ3) is 2.44. The van der Waals surface area contributed by atoms with E-state index in [0.717, 1.165) is 18.8 Å². The van der Waals surface area contributed by atoms with E-state index in [4.69, 9.17) is 0 Å². The van der Waals surface area contributed by atoms with Gasteiger partial charge in [-0.05, 0) is 25.2 Å². The maximum absolute atomic E-state index is 11.3. The Morgan fingerprint density at radius 2 is 2.08 bits per heavy atom. The molecule has 2 aliphatic rings. The second-order valence-electron chi connectivity index (χ2n) is 4.44. The summed E-state index contributed by atoms with van der Waals surface area (Å²) in [6, 6.07) is 0.826. The molecule has 3 nitrogen and oxygen atoms in total. The smallest absolute Gasteiger partial charge is 0.151 e. The van der Waals surface area contributed by atoms with Crippen LogP contribution in [-0.4, -0.2) is 32.0 Å². The summed E-state index contributed by atoms with van der Waals surface area (Å²) >= 11 is 0. The molecule has 1 saturated heterocycles. The van der Waals surface area contributed by atoms with E-state index >= 15 is 0 Å². The van der Waals surface area contributed by atoms with Crippen molar-refractivity contribution in [3.8, 4) is 0 Å². The van der Waals surface area contributed by atoms with Gasteiger partial charge >= 0.3 is 0 Å². The molecule has 0 aromatic heterocycles. The van der Waals surface area contributed by atoms with Gasteiger partial charge in [0.1, 0.15) is 0 Å². The van der Waals surface area contributed by atoms with Gasteiger partial charge in [0, 0.05) is 12.1 Å². The second-order valence-corrected chi connectivity index (χ2v) is 6.67. The molecule has 1 aliphatic carbocycles. The Balaban J connectivity index is 1.86. The third-order valence-corrected chi connectivity index (χ3v) is 4.84. The van der Waals surface area contributed by atoms with Crippen molar-refractivity contribution in [2.45, 2.75) is 38.3 Å². The van der Waals surface area contributed by atoms with Gasteiger partial charge in [0.2, 0.25) is 0 Å². The third-order valence-electron chi connectivity index (χ3n) is 3.02. The SMILES string of the molecule is CC1CC1NC1CCCS(=O)(=O)C1. The van der Waals surface area contributed by atoms with Crippen molar-refractivity contribution in [3.05, 3.63) is 0 Å². The summed E-state index contributed by atoms with van der Waals surface area (Å²) < 4.78 is 22.6. The number of nitrogens with one attached hydrogen (secondary N) is 1. The largest absolute Gasteiger partial charge is 0.310 e. The van der Waals surface area contributed by atoms with Crippen molar-refractivity contribution in [2.75, 3.05) is 11.5 Å². The number of sulfone groups is 1. The Kier molecular flexibility index (Phi) is 2.36. The highest BCUT2D eigenvalue weighted by Crippen LogP contribution is 2.30. The van der Waals surface area contributed by atoms with Gasteiger partial charge < -0.3 is 5.32 Å². The summed E-state index contributed by atoms with van der Waals surface area (Å²) in [5, 5.41) is 3.42. The van der Waals surface area contributed by atoms with Crippen molar-refractivity contribution in [3.63, 3.8) is 0 Å². The number of hydrogen-bond acceptors (Lipinski definition) is 3. The van der Waals surface area contributed by atoms with E-state index < -0.39 is 9.84 Å². The maximum Gasteiger partial charge on any atom is 0.151 e. The van der Waals surface area contributed by atoms with Gasteiger partial charge in [0.05, 0.1) is 11.5 Å². The summed E-state index contributed by atoms with van der Waals surface area (Å²) in [4.78, 5) is 0. The van der Waals surface area contributed by atoms with Crippen LogP contribution >= 0.6 is 0 Å². The van der Waals surface area contributed by atoms with Gasteiger partial charge in [0.15, 0.2) is 9.84 Å². The summed E-state index contributed by atoms with van der Waals surface area (Å²) in [5.41, 5.74) is 0. The molecule has 4 heteroatoms. The second kappa shape index (κ2) is 3.24. The van der Waals surface area contributed by atoms with Gasteiger partial charge in [-0.2, -0.15) is 0 Å². The Bertz CT molecular complexity index is 286. The van der Waals surface area contributed by atoms with Crippen LogP contribution in [0.1, 0.15) is 26.2 Å². The van der Waals surface area contributed by atoms with E-state index in [1.54, 1.807) is 0 Å². The van der Waals surface area contributed by atoms with Crippen LogP contribution in [0.5, 0.6) is 0 Å². The van der Waals surface area contributed by atoms with Gasteiger partial charge in [-0.1, -0.05) is 6.92 Å². The zero-order valence-electron chi connectivity index (χ0n) is 7.99. The highest BCUT2D eigenvalue weighted by molar-refractivity contribution is 7.91. The van der Waals surface area contributed by atoms with E-state index in [1.807, 2.05) is 0 Å². The summed E-state index contributed by atoms with van der Waals surface area (Å²) in [7, 11) is -2.73. The molecular formula is C9H17NO2S. The molecule has 0 aromatic carbocycles. The molecule has 2 fully saturated rings. The molecule has 13 heavy (non-hydrogen) atoms. The lowest BCUT2D eigenvalue weighted by atomic mass is 10.2. The summed E-state index contributed by atoms with van der Waals surface area (Å²) in [6.07, 6.45) is 3.08. The first-order valence-corrected chi connectivity index (χ1v) is 6.85. The highest BCUT2D eigenvalue weighted by Gasteiger charge is 2.36. The fourth-order valence-electron chi connectivity index (χ4n) is 2.01. The van der Waals surface area contributed by atoms with Crippen LogP contribution in [0.4, 0.5) is 0 Å². The molecular weight excluding hydrogens is 186 g/mol. The van der Waals surface area contributed by atoms with Gasteiger partial charge in [-0.25, -0.2) is 8.42 Å². The van der Waals surface area contributed by atoms with Crippen molar-refractivity contribution in [2.24, 2.45) is 5.92 Å². The van der Waals surface area contributed by atoms with E-state index in [2.05, 4.69) is 12.2 Å². The lowest BCUT2D eigenvalue weighted by molar-refractivity contribution is 0.470. The van der Waals surface area contributed by atoms with Crippen LogP contribution in [0.25, 0.3) is 0 Å². The molecule has 0 amide bonds. The summed E-state index contributed by atoms with van der Waals surface area (Å²) in [6.45, 7) is 2.20. The predicted molar refractivity (Wildman–Crippen MR) is 52.4 cm³/mol. The minimum atomic E-state index is -2.73. The molecule has 0 aromatic rings. The molecule has 2 rings (SSSR count). The first-order valence-electron chi connectivity index (χ1n) is 5.03. The first-order chi connectivity index (χ1) is 6.07. The standard InChI is InChI=1S/C9H17NO2S/c1-7-5-9(7)10-8-3-2-4-13(11,12)6-8/h7-10H,2-6H2,1H3. The molecule has 1 saturated carbocycles. The molecule has 0 radical (unpaired) electrons. The number of rotatable bonds is 2. The van der Waals surface area contributed by atoms with Crippen LogP contribution in [-0.2, 0) is 9.84 Å². The van der Waals surface area contributed by atoms with Gasteiger partial charge in [-0.3, -0.25) is 0 Å². The average Bonchev–Trinajstić information content (AvgIpc) is 2.64. The van der Waals surface area contributed by atoms with Crippen molar-refractivity contribution in [1.82, 2.24) is 5.32 Å². The molecule has 3 unspecified atom stereocenters. The molecule has 3 atom stereocenters. The van der Waals surface area contributed by atoms with Crippen LogP contribution in [0.15, 0.2) is 0 Å². The maximum atomic E-state index is 11.3. The van der Waals surface area contributed by atoms with E-state index in [-0.39, 0.29) is 6.04 Å². The fourth-order valence-corrected chi connectivity index (χ4v) is 3.66. The van der Waals surface area contributed by atoms with Crippen molar-refractivity contribution < 1.29 is 8.42 Å². The molecule has 0 bridgehead atoms. The zero-order chi connectivity index (χ0) is 9.47. The Morgan fingerprint density at radius 1 is 1.38 bits per heavy atom. The Labute approximate surface area is 79.8 Å². The van der Waals surface area contributed by atoms with Crippen molar-refractivity contribution in [1.29, 1.82) is 0 Å². The van der Waals surface area contributed by atoms with Crippen molar-refractivity contribution >= 4 is 9.84 Å². The summed E-state index contributed by atoms with van der Waals surface area (Å²) in [5.74, 6) is 1.51. The molecule has 0 spiro atoms. The highest BCUT2D eigenvalue weighted by atomic mass is 32.2. The minimum absolute atomic E-state index is 0.230. The molecule has 1 heterocycles. The normalized spacial score (nSPS) is 43.0. The van der Waals surface area contributed by atoms with Crippen LogP contribution < -0.4 is 5.32 Å². The molecule has 76 valence electrons. The van der Waals surface area contributed by atoms with Crippen LogP contribution in [0, 0.1) is 5.92 Å². The van der Waals surface area contributed by atoms with Gasteiger partial charge in [0.25, 0.3) is 0 Å². The Hall–Kier alpha value is -0.0900. The van der Waals surface area contributed by atoms with E-state index in [0.29, 0.717) is 17.5 Å². The lowest BCUT2D eigenvalue weighted by Gasteiger charge is -2.23. The van der Waals surface area contributed by atoms with E-state index in [1.165, 1.54) is 6.42 Å². The average molecular weight is 203 g/mol. The minimum Gasteiger partial charge on any atom is -0.310 e. The van der Waals surface area contributed by atoms with Crippen LogP contribution in [0.3, 0.4) is 0 Å². The lowest BCUT2D eigenvalue weighted by Crippen LogP contribution is -2.41. The van der Waals surface area contributed by atoms with E-state index in [9.17, 15) is 8.42 Å². The topological polar surface area (TPSA) is 46.2 Å². The Morgan fingerprint density at radius 3 is 2.62 bits per heavy atom. The monoisotopic (exact) mass is 203 g/mol. The van der Waals surface area contributed by atoms with Crippen LogP contribution in [0.2, 0.25) is 0 Å². The molecule has 1 N–H and O–H groups in total. The number of hydrogen-bond donors (Lipinski definition) is 1. The fraction of sp³-hybridized carbons (Fsp3) is 1.00. The molecule has 1 aliphatic heterocycles. The zero-order valence-corrected chi connectivity index (χ0v) is 8.81. The van der Waals surface area contributed by atoms with Gasteiger partial charge in [-0.15, -0.1) is 0 Å².